The minimum Gasteiger partial charge on any atom is -0.337 e. The molecule has 0 radical (unpaired) electrons. The van der Waals surface area contributed by atoms with Crippen LogP contribution in [-0.4, -0.2) is 29.4 Å². The second kappa shape index (κ2) is 6.82. The highest BCUT2D eigenvalue weighted by atomic mass is 16.2. The fourth-order valence-electron chi connectivity index (χ4n) is 2.04. The number of aromatic nitrogens is 1. The lowest BCUT2D eigenvalue weighted by Gasteiger charge is -2.17. The Hall–Kier alpha value is -2.20. The largest absolute Gasteiger partial charge is 0.337 e. The highest BCUT2D eigenvalue weighted by molar-refractivity contribution is 5.94. The van der Waals surface area contributed by atoms with Crippen molar-refractivity contribution in [2.45, 2.75) is 13.0 Å². The van der Waals surface area contributed by atoms with Crippen molar-refractivity contribution >= 4 is 5.91 Å². The first-order valence-corrected chi connectivity index (χ1v) is 6.64. The Kier molecular flexibility index (Phi) is 4.85. The zero-order valence-corrected chi connectivity index (χ0v) is 11.6. The first-order valence-electron chi connectivity index (χ1n) is 6.64. The number of pyridine rings is 1. The highest BCUT2D eigenvalue weighted by Crippen LogP contribution is 2.09. The van der Waals surface area contributed by atoms with Crippen LogP contribution in [0.4, 0.5) is 0 Å². The lowest BCUT2D eigenvalue weighted by molar-refractivity contribution is 0.0785. The van der Waals surface area contributed by atoms with E-state index in [1.807, 2.05) is 36.4 Å². The average molecular weight is 269 g/mol. The molecule has 0 saturated heterocycles. The van der Waals surface area contributed by atoms with Crippen molar-refractivity contribution in [3.05, 3.63) is 65.5 Å². The molecule has 0 fully saturated rings. The Morgan fingerprint density at radius 3 is 2.55 bits per heavy atom. The number of hydrogen-bond acceptors (Lipinski definition) is 3. The van der Waals surface area contributed by atoms with Gasteiger partial charge >= 0.3 is 0 Å². The molecular formula is C16H19N3O. The Bertz CT molecular complexity index is 552. The molecule has 0 aliphatic rings. The maximum absolute atomic E-state index is 12.3. The molecule has 1 aromatic heterocycles. The lowest BCUT2D eigenvalue weighted by Crippen LogP contribution is -2.26. The third kappa shape index (κ3) is 3.65. The van der Waals surface area contributed by atoms with E-state index in [-0.39, 0.29) is 5.91 Å². The topological polar surface area (TPSA) is 59.2 Å². The maximum Gasteiger partial charge on any atom is 0.253 e. The molecule has 104 valence electrons. The van der Waals surface area contributed by atoms with Crippen LogP contribution in [0.25, 0.3) is 0 Å². The first kappa shape index (κ1) is 14.2. The predicted molar refractivity (Wildman–Crippen MR) is 79.2 cm³/mol. The highest BCUT2D eigenvalue weighted by Gasteiger charge is 2.11. The number of amides is 1. The minimum absolute atomic E-state index is 0.00755. The fraction of sp³-hybridized carbons (Fsp3) is 0.250. The molecule has 2 aromatic rings. The molecule has 2 rings (SSSR count). The lowest BCUT2D eigenvalue weighted by atomic mass is 10.1. The normalized spacial score (nSPS) is 10.3. The Morgan fingerprint density at radius 2 is 1.95 bits per heavy atom. The van der Waals surface area contributed by atoms with Gasteiger partial charge in [0.2, 0.25) is 0 Å². The number of nitrogens with zero attached hydrogens (tertiary/aromatic N) is 2. The van der Waals surface area contributed by atoms with Crippen LogP contribution in [-0.2, 0) is 13.0 Å². The molecule has 0 aliphatic carbocycles. The molecular weight excluding hydrogens is 250 g/mol. The summed E-state index contributed by atoms with van der Waals surface area (Å²) < 4.78 is 0. The van der Waals surface area contributed by atoms with Crippen LogP contribution in [0.3, 0.4) is 0 Å². The van der Waals surface area contributed by atoms with Crippen molar-refractivity contribution < 1.29 is 4.79 Å². The second-order valence-corrected chi connectivity index (χ2v) is 4.76. The quantitative estimate of drug-likeness (QED) is 0.901. The number of rotatable bonds is 5. The maximum atomic E-state index is 12.3. The van der Waals surface area contributed by atoms with Crippen molar-refractivity contribution in [1.82, 2.24) is 9.88 Å². The number of hydrogen-bond donors (Lipinski definition) is 1. The second-order valence-electron chi connectivity index (χ2n) is 4.76. The molecule has 0 bridgehead atoms. The van der Waals surface area contributed by atoms with E-state index < -0.39 is 0 Å². The Balaban J connectivity index is 2.03. The monoisotopic (exact) mass is 269 g/mol. The summed E-state index contributed by atoms with van der Waals surface area (Å²) in [7, 11) is 1.79. The third-order valence-corrected chi connectivity index (χ3v) is 3.12. The number of carbonyl (C=O) groups is 1. The van der Waals surface area contributed by atoms with Gasteiger partial charge in [-0.25, -0.2) is 0 Å². The Labute approximate surface area is 119 Å². The molecule has 0 atom stereocenters. The van der Waals surface area contributed by atoms with Crippen molar-refractivity contribution in [1.29, 1.82) is 0 Å². The summed E-state index contributed by atoms with van der Waals surface area (Å²) in [5.41, 5.74) is 8.37. The molecule has 0 unspecified atom stereocenters. The van der Waals surface area contributed by atoms with Gasteiger partial charge in [-0.15, -0.1) is 0 Å². The Morgan fingerprint density at radius 1 is 1.20 bits per heavy atom. The van der Waals surface area contributed by atoms with Crippen molar-refractivity contribution in [3.8, 4) is 0 Å². The molecule has 4 heteroatoms. The zero-order valence-electron chi connectivity index (χ0n) is 11.6. The minimum atomic E-state index is 0.00755. The van der Waals surface area contributed by atoms with Gasteiger partial charge in [0.25, 0.3) is 5.91 Å². The van der Waals surface area contributed by atoms with Crippen LogP contribution in [0.1, 0.15) is 21.5 Å². The summed E-state index contributed by atoms with van der Waals surface area (Å²) in [4.78, 5) is 18.0. The molecule has 20 heavy (non-hydrogen) atoms. The summed E-state index contributed by atoms with van der Waals surface area (Å²) >= 11 is 0. The van der Waals surface area contributed by atoms with Crippen molar-refractivity contribution in [3.63, 3.8) is 0 Å². The van der Waals surface area contributed by atoms with Gasteiger partial charge in [0.1, 0.15) is 0 Å². The van der Waals surface area contributed by atoms with Crippen LogP contribution in [0.15, 0.2) is 48.8 Å². The van der Waals surface area contributed by atoms with Gasteiger partial charge in [-0.05, 0) is 42.3 Å². The summed E-state index contributed by atoms with van der Waals surface area (Å²) in [5, 5.41) is 0. The van der Waals surface area contributed by atoms with E-state index in [0.29, 0.717) is 18.7 Å². The van der Waals surface area contributed by atoms with Crippen molar-refractivity contribution in [2.24, 2.45) is 5.73 Å². The van der Waals surface area contributed by atoms with Crippen LogP contribution in [0.2, 0.25) is 0 Å². The van der Waals surface area contributed by atoms with Crippen LogP contribution < -0.4 is 5.73 Å². The van der Waals surface area contributed by atoms with Gasteiger partial charge in [-0.3, -0.25) is 9.78 Å². The standard InChI is InChI=1S/C16H19N3O/c1-19(12-14-3-2-10-18-11-14)16(20)15-6-4-13(5-7-15)8-9-17/h2-7,10-11H,8-9,12,17H2,1H3. The fourth-order valence-corrected chi connectivity index (χ4v) is 2.04. The molecule has 0 saturated carbocycles. The number of benzene rings is 1. The predicted octanol–water partition coefficient (Wildman–Crippen LogP) is 1.85. The third-order valence-electron chi connectivity index (χ3n) is 3.12. The van der Waals surface area contributed by atoms with Gasteiger partial charge < -0.3 is 10.6 Å². The van der Waals surface area contributed by atoms with Gasteiger partial charge in [0, 0.05) is 31.5 Å². The molecule has 1 amide bonds. The van der Waals surface area contributed by atoms with E-state index in [2.05, 4.69) is 4.98 Å². The zero-order chi connectivity index (χ0) is 14.4. The molecule has 1 aromatic carbocycles. The number of carbonyl (C=O) groups excluding carboxylic acids is 1. The van der Waals surface area contributed by atoms with E-state index in [0.717, 1.165) is 17.5 Å². The summed E-state index contributed by atoms with van der Waals surface area (Å²) in [6.45, 7) is 1.17. The van der Waals surface area contributed by atoms with Gasteiger partial charge in [-0.2, -0.15) is 0 Å². The van der Waals surface area contributed by atoms with E-state index >= 15 is 0 Å². The van der Waals surface area contributed by atoms with Crippen LogP contribution in [0.5, 0.6) is 0 Å². The van der Waals surface area contributed by atoms with Crippen molar-refractivity contribution in [2.75, 3.05) is 13.6 Å². The van der Waals surface area contributed by atoms with Gasteiger partial charge in [-0.1, -0.05) is 18.2 Å². The smallest absolute Gasteiger partial charge is 0.253 e. The molecule has 0 aliphatic heterocycles. The molecule has 1 heterocycles. The molecule has 0 spiro atoms. The first-order chi connectivity index (χ1) is 9.70. The van der Waals surface area contributed by atoms with Gasteiger partial charge in [0.15, 0.2) is 0 Å². The van der Waals surface area contributed by atoms with Crippen LogP contribution in [0, 0.1) is 0 Å². The summed E-state index contributed by atoms with van der Waals surface area (Å²) in [5.74, 6) is 0.00755. The molecule has 2 N–H and O–H groups in total. The van der Waals surface area contributed by atoms with E-state index in [1.165, 1.54) is 0 Å². The van der Waals surface area contributed by atoms with Crippen LogP contribution >= 0.6 is 0 Å². The number of nitrogens with two attached hydrogens (primary N) is 1. The average Bonchev–Trinajstić information content (AvgIpc) is 2.48. The van der Waals surface area contributed by atoms with E-state index in [9.17, 15) is 4.79 Å². The molecule has 4 nitrogen and oxygen atoms in total. The van der Waals surface area contributed by atoms with Gasteiger partial charge in [0.05, 0.1) is 0 Å². The van der Waals surface area contributed by atoms with E-state index in [4.69, 9.17) is 5.73 Å². The summed E-state index contributed by atoms with van der Waals surface area (Å²) in [6.07, 6.45) is 4.33. The summed E-state index contributed by atoms with van der Waals surface area (Å²) in [6, 6.07) is 11.5. The van der Waals surface area contributed by atoms with E-state index in [1.54, 1.807) is 24.3 Å². The SMILES string of the molecule is CN(Cc1cccnc1)C(=O)c1ccc(CCN)cc1.